The zero-order valence-corrected chi connectivity index (χ0v) is 10.9. The summed E-state index contributed by atoms with van der Waals surface area (Å²) >= 11 is 0. The average Bonchev–Trinajstić information content (AvgIpc) is 2.32. The van der Waals surface area contributed by atoms with Crippen LogP contribution < -0.4 is 0 Å². The molecule has 3 nitrogen and oxygen atoms in total. The number of likely N-dealkylation sites (tertiary alicyclic amines) is 1. The number of hydrogen-bond acceptors (Lipinski definition) is 2. The molecular weight excluding hydrogens is 226 g/mol. The summed E-state index contributed by atoms with van der Waals surface area (Å²) in [5.41, 5.74) is 2.12. The molecule has 0 atom stereocenters. The minimum absolute atomic E-state index is 0.116. The number of piperidine rings is 1. The summed E-state index contributed by atoms with van der Waals surface area (Å²) in [6.07, 6.45) is 2.66. The molecule has 1 heterocycles. The molecule has 1 aromatic rings. The van der Waals surface area contributed by atoms with E-state index < -0.39 is 5.97 Å². The minimum Gasteiger partial charge on any atom is -0.481 e. The zero-order valence-electron chi connectivity index (χ0n) is 10.9. The van der Waals surface area contributed by atoms with Gasteiger partial charge in [0.2, 0.25) is 0 Å². The van der Waals surface area contributed by atoms with Gasteiger partial charge in [-0.1, -0.05) is 31.2 Å². The lowest BCUT2D eigenvalue weighted by Crippen LogP contribution is -2.32. The van der Waals surface area contributed by atoms with Crippen molar-refractivity contribution in [3.63, 3.8) is 0 Å². The number of hydrogen-bond donors (Lipinski definition) is 1. The van der Waals surface area contributed by atoms with Crippen LogP contribution in [0.4, 0.5) is 0 Å². The third kappa shape index (κ3) is 3.84. The van der Waals surface area contributed by atoms with E-state index in [1.54, 1.807) is 0 Å². The van der Waals surface area contributed by atoms with Gasteiger partial charge in [-0.05, 0) is 43.0 Å². The molecule has 1 aliphatic heterocycles. The molecule has 1 aromatic carbocycles. The van der Waals surface area contributed by atoms with Gasteiger partial charge in [0, 0.05) is 6.54 Å². The molecule has 2 rings (SSSR count). The van der Waals surface area contributed by atoms with Crippen LogP contribution in [0.5, 0.6) is 0 Å². The highest BCUT2D eigenvalue weighted by Gasteiger charge is 2.15. The van der Waals surface area contributed by atoms with Crippen LogP contribution in [-0.4, -0.2) is 29.1 Å². The Morgan fingerprint density at radius 2 is 2.00 bits per heavy atom. The van der Waals surface area contributed by atoms with E-state index in [1.165, 1.54) is 18.4 Å². The minimum atomic E-state index is -0.765. The first kappa shape index (κ1) is 13.1. The van der Waals surface area contributed by atoms with Crippen molar-refractivity contribution >= 4 is 5.97 Å². The summed E-state index contributed by atoms with van der Waals surface area (Å²) in [6, 6.07) is 7.95. The highest BCUT2D eigenvalue weighted by molar-refractivity contribution is 5.70. The van der Waals surface area contributed by atoms with E-state index >= 15 is 0 Å². The normalized spacial score (nSPS) is 17.8. The Hall–Kier alpha value is -1.35. The van der Waals surface area contributed by atoms with Crippen molar-refractivity contribution in [3.05, 3.63) is 35.4 Å². The standard InChI is InChI=1S/C15H21NO2/c1-12-5-7-16(8-6-12)11-14-4-2-3-13(9-14)10-15(17)18/h2-4,9,12H,5-8,10-11H2,1H3,(H,17,18). The van der Waals surface area contributed by atoms with Crippen LogP contribution in [0, 0.1) is 5.92 Å². The number of carboxylic acids is 1. The molecule has 1 N–H and O–H groups in total. The second kappa shape index (κ2) is 6.01. The molecule has 3 heteroatoms. The summed E-state index contributed by atoms with van der Waals surface area (Å²) in [5.74, 6) is 0.0820. The molecule has 0 aromatic heterocycles. The summed E-state index contributed by atoms with van der Waals surface area (Å²) in [5, 5.41) is 8.80. The van der Waals surface area contributed by atoms with Gasteiger partial charge in [-0.2, -0.15) is 0 Å². The highest BCUT2D eigenvalue weighted by Crippen LogP contribution is 2.18. The van der Waals surface area contributed by atoms with Crippen LogP contribution in [0.2, 0.25) is 0 Å². The van der Waals surface area contributed by atoms with E-state index in [2.05, 4.69) is 17.9 Å². The first-order valence-corrected chi connectivity index (χ1v) is 6.65. The Kier molecular flexibility index (Phi) is 4.37. The van der Waals surface area contributed by atoms with Gasteiger partial charge in [-0.3, -0.25) is 9.69 Å². The Balaban J connectivity index is 1.94. The molecule has 0 saturated carbocycles. The molecule has 0 bridgehead atoms. The summed E-state index contributed by atoms with van der Waals surface area (Å²) in [6.45, 7) is 5.57. The first-order valence-electron chi connectivity index (χ1n) is 6.65. The smallest absolute Gasteiger partial charge is 0.307 e. The molecule has 0 amide bonds. The lowest BCUT2D eigenvalue weighted by atomic mass is 9.98. The van der Waals surface area contributed by atoms with E-state index in [4.69, 9.17) is 5.11 Å². The first-order chi connectivity index (χ1) is 8.63. The number of benzene rings is 1. The lowest BCUT2D eigenvalue weighted by Gasteiger charge is -2.30. The molecule has 0 radical (unpaired) electrons. The van der Waals surface area contributed by atoms with Crippen molar-refractivity contribution in [3.8, 4) is 0 Å². The van der Waals surface area contributed by atoms with Crippen LogP contribution in [0.25, 0.3) is 0 Å². The maximum Gasteiger partial charge on any atom is 0.307 e. The number of nitrogens with zero attached hydrogens (tertiary/aromatic N) is 1. The van der Waals surface area contributed by atoms with Gasteiger partial charge in [0.1, 0.15) is 0 Å². The fraction of sp³-hybridized carbons (Fsp3) is 0.533. The predicted octanol–water partition coefficient (Wildman–Crippen LogP) is 2.55. The van der Waals surface area contributed by atoms with Crippen molar-refractivity contribution < 1.29 is 9.90 Å². The van der Waals surface area contributed by atoms with E-state index in [9.17, 15) is 4.79 Å². The maximum atomic E-state index is 10.7. The van der Waals surface area contributed by atoms with Crippen LogP contribution in [0.1, 0.15) is 30.9 Å². The van der Waals surface area contributed by atoms with Gasteiger partial charge in [0.05, 0.1) is 6.42 Å². The molecule has 1 fully saturated rings. The van der Waals surface area contributed by atoms with Crippen molar-refractivity contribution in [2.24, 2.45) is 5.92 Å². The predicted molar refractivity (Wildman–Crippen MR) is 71.5 cm³/mol. The molecule has 98 valence electrons. The third-order valence-electron chi connectivity index (χ3n) is 3.63. The van der Waals surface area contributed by atoms with Gasteiger partial charge in [-0.25, -0.2) is 0 Å². The Labute approximate surface area is 108 Å². The van der Waals surface area contributed by atoms with Crippen molar-refractivity contribution in [2.45, 2.75) is 32.7 Å². The van der Waals surface area contributed by atoms with E-state index in [0.717, 1.165) is 31.1 Å². The topological polar surface area (TPSA) is 40.5 Å². The second-order valence-electron chi connectivity index (χ2n) is 5.35. The van der Waals surface area contributed by atoms with Crippen molar-refractivity contribution in [1.82, 2.24) is 4.90 Å². The number of rotatable bonds is 4. The fourth-order valence-electron chi connectivity index (χ4n) is 2.49. The van der Waals surface area contributed by atoms with Gasteiger partial charge < -0.3 is 5.11 Å². The molecule has 0 aliphatic carbocycles. The number of carbonyl (C=O) groups is 1. The largest absolute Gasteiger partial charge is 0.481 e. The van der Waals surface area contributed by atoms with Gasteiger partial charge in [0.25, 0.3) is 0 Å². The fourth-order valence-corrected chi connectivity index (χ4v) is 2.49. The Morgan fingerprint density at radius 1 is 1.33 bits per heavy atom. The quantitative estimate of drug-likeness (QED) is 0.889. The SMILES string of the molecule is CC1CCN(Cc2cccc(CC(=O)O)c2)CC1. The van der Waals surface area contributed by atoms with Gasteiger partial charge >= 0.3 is 5.97 Å². The average molecular weight is 247 g/mol. The monoisotopic (exact) mass is 247 g/mol. The van der Waals surface area contributed by atoms with Gasteiger partial charge in [0.15, 0.2) is 0 Å². The maximum absolute atomic E-state index is 10.7. The molecular formula is C15H21NO2. The summed E-state index contributed by atoms with van der Waals surface area (Å²) < 4.78 is 0. The molecule has 18 heavy (non-hydrogen) atoms. The highest BCUT2D eigenvalue weighted by atomic mass is 16.4. The molecule has 0 spiro atoms. The lowest BCUT2D eigenvalue weighted by molar-refractivity contribution is -0.136. The summed E-state index contributed by atoms with van der Waals surface area (Å²) in [4.78, 5) is 13.2. The van der Waals surface area contributed by atoms with E-state index in [0.29, 0.717) is 0 Å². The van der Waals surface area contributed by atoms with Gasteiger partial charge in [-0.15, -0.1) is 0 Å². The van der Waals surface area contributed by atoms with Crippen LogP contribution in [-0.2, 0) is 17.8 Å². The van der Waals surface area contributed by atoms with Crippen molar-refractivity contribution in [2.75, 3.05) is 13.1 Å². The number of aliphatic carboxylic acids is 1. The van der Waals surface area contributed by atoms with E-state index in [1.807, 2.05) is 18.2 Å². The van der Waals surface area contributed by atoms with E-state index in [-0.39, 0.29) is 6.42 Å². The zero-order chi connectivity index (χ0) is 13.0. The molecule has 1 aliphatic rings. The Bertz CT molecular complexity index is 409. The summed E-state index contributed by atoms with van der Waals surface area (Å²) in [7, 11) is 0. The molecule has 0 unspecified atom stereocenters. The van der Waals surface area contributed by atoms with Crippen LogP contribution >= 0.6 is 0 Å². The number of carboxylic acid groups (broad SMARTS) is 1. The molecule has 1 saturated heterocycles. The second-order valence-corrected chi connectivity index (χ2v) is 5.35. The Morgan fingerprint density at radius 3 is 2.67 bits per heavy atom. The van der Waals surface area contributed by atoms with Crippen LogP contribution in [0.3, 0.4) is 0 Å². The third-order valence-corrected chi connectivity index (χ3v) is 3.63. The van der Waals surface area contributed by atoms with Crippen LogP contribution in [0.15, 0.2) is 24.3 Å². The van der Waals surface area contributed by atoms with Crippen molar-refractivity contribution in [1.29, 1.82) is 0 Å².